The maximum Gasteiger partial charge on any atom is 0.307 e. The zero-order valence-electron chi connectivity index (χ0n) is 10.2. The summed E-state index contributed by atoms with van der Waals surface area (Å²) in [6.45, 7) is 2.65. The number of rotatable bonds is 5. The van der Waals surface area contributed by atoms with Crippen molar-refractivity contribution < 1.29 is 14.3 Å². The van der Waals surface area contributed by atoms with Gasteiger partial charge >= 0.3 is 5.97 Å². The van der Waals surface area contributed by atoms with Crippen molar-refractivity contribution in [2.45, 2.75) is 39.0 Å². The average molecular weight is 227 g/mol. The van der Waals surface area contributed by atoms with E-state index in [0.717, 1.165) is 25.7 Å². The van der Waals surface area contributed by atoms with Crippen molar-refractivity contribution in [1.29, 1.82) is 0 Å². The fraction of sp³-hybridized carbons (Fsp3) is 0.833. The molecule has 4 nitrogen and oxygen atoms in total. The van der Waals surface area contributed by atoms with Crippen LogP contribution in [0.4, 0.5) is 0 Å². The van der Waals surface area contributed by atoms with Gasteiger partial charge in [0, 0.05) is 19.5 Å². The molecule has 0 radical (unpaired) electrons. The van der Waals surface area contributed by atoms with Crippen molar-refractivity contribution in [2.75, 3.05) is 20.2 Å². The zero-order valence-corrected chi connectivity index (χ0v) is 10.2. The Morgan fingerprint density at radius 3 is 2.50 bits per heavy atom. The standard InChI is InChI=1S/C12H21NO3/c1-3-16-11(14)8-9-13(2)12(15)10-6-4-5-7-10/h10H,3-9H2,1-2H3. The van der Waals surface area contributed by atoms with E-state index in [1.54, 1.807) is 18.9 Å². The lowest BCUT2D eigenvalue weighted by Gasteiger charge is -2.20. The number of esters is 1. The number of hydrogen-bond acceptors (Lipinski definition) is 3. The molecule has 16 heavy (non-hydrogen) atoms. The first-order chi connectivity index (χ1) is 7.65. The first kappa shape index (κ1) is 13.0. The molecule has 0 aliphatic heterocycles. The second-order valence-corrected chi connectivity index (χ2v) is 4.30. The highest BCUT2D eigenvalue weighted by molar-refractivity contribution is 5.79. The molecule has 0 aromatic carbocycles. The minimum Gasteiger partial charge on any atom is -0.466 e. The Balaban J connectivity index is 2.25. The third-order valence-electron chi connectivity index (χ3n) is 3.04. The summed E-state index contributed by atoms with van der Waals surface area (Å²) >= 11 is 0. The Hall–Kier alpha value is -1.06. The molecule has 1 rings (SSSR count). The minimum absolute atomic E-state index is 0.182. The number of nitrogens with zero attached hydrogens (tertiary/aromatic N) is 1. The molecule has 0 spiro atoms. The summed E-state index contributed by atoms with van der Waals surface area (Å²) < 4.78 is 4.82. The fourth-order valence-corrected chi connectivity index (χ4v) is 2.09. The summed E-state index contributed by atoms with van der Waals surface area (Å²) in [5.74, 6) is 0.141. The Bertz CT molecular complexity index is 247. The highest BCUT2D eigenvalue weighted by atomic mass is 16.5. The van der Waals surface area contributed by atoms with Gasteiger partial charge in [-0.3, -0.25) is 9.59 Å². The number of ether oxygens (including phenoxy) is 1. The van der Waals surface area contributed by atoms with Crippen LogP contribution < -0.4 is 0 Å². The Labute approximate surface area is 96.9 Å². The monoisotopic (exact) mass is 227 g/mol. The Morgan fingerprint density at radius 2 is 1.94 bits per heavy atom. The first-order valence-corrected chi connectivity index (χ1v) is 6.05. The van der Waals surface area contributed by atoms with Gasteiger partial charge in [-0.15, -0.1) is 0 Å². The van der Waals surface area contributed by atoms with Crippen LogP contribution in [0.2, 0.25) is 0 Å². The molecular formula is C12H21NO3. The van der Waals surface area contributed by atoms with Gasteiger partial charge in [-0.05, 0) is 19.8 Å². The van der Waals surface area contributed by atoms with Crippen LogP contribution in [-0.2, 0) is 14.3 Å². The van der Waals surface area contributed by atoms with E-state index in [1.165, 1.54) is 0 Å². The number of carbonyl (C=O) groups is 2. The molecule has 0 N–H and O–H groups in total. The largest absolute Gasteiger partial charge is 0.466 e. The molecule has 4 heteroatoms. The van der Waals surface area contributed by atoms with E-state index < -0.39 is 0 Å². The van der Waals surface area contributed by atoms with Crippen LogP contribution in [0.15, 0.2) is 0 Å². The van der Waals surface area contributed by atoms with E-state index >= 15 is 0 Å². The smallest absolute Gasteiger partial charge is 0.307 e. The third-order valence-corrected chi connectivity index (χ3v) is 3.04. The normalized spacial score (nSPS) is 16.1. The molecule has 1 aliphatic rings. The summed E-state index contributed by atoms with van der Waals surface area (Å²) in [5.41, 5.74) is 0. The van der Waals surface area contributed by atoms with E-state index in [9.17, 15) is 9.59 Å². The molecule has 0 heterocycles. The van der Waals surface area contributed by atoms with Crippen molar-refractivity contribution in [3.8, 4) is 0 Å². The summed E-state index contributed by atoms with van der Waals surface area (Å²) in [5, 5.41) is 0. The number of hydrogen-bond donors (Lipinski definition) is 0. The van der Waals surface area contributed by atoms with Crippen molar-refractivity contribution >= 4 is 11.9 Å². The molecule has 1 amide bonds. The number of carbonyl (C=O) groups excluding carboxylic acids is 2. The zero-order chi connectivity index (χ0) is 12.0. The summed E-state index contributed by atoms with van der Waals surface area (Å²) in [4.78, 5) is 24.7. The van der Waals surface area contributed by atoms with Gasteiger partial charge in [0.05, 0.1) is 13.0 Å². The van der Waals surface area contributed by atoms with Gasteiger partial charge in [0.1, 0.15) is 0 Å². The van der Waals surface area contributed by atoms with Crippen LogP contribution in [0.5, 0.6) is 0 Å². The average Bonchev–Trinajstić information content (AvgIpc) is 2.78. The van der Waals surface area contributed by atoms with Gasteiger partial charge in [0.2, 0.25) is 5.91 Å². The van der Waals surface area contributed by atoms with Crippen LogP contribution in [0, 0.1) is 5.92 Å². The van der Waals surface area contributed by atoms with Crippen LogP contribution >= 0.6 is 0 Å². The quantitative estimate of drug-likeness (QED) is 0.670. The van der Waals surface area contributed by atoms with Gasteiger partial charge in [-0.1, -0.05) is 12.8 Å². The summed E-state index contributed by atoms with van der Waals surface area (Å²) in [6.07, 6.45) is 4.61. The highest BCUT2D eigenvalue weighted by Gasteiger charge is 2.25. The molecule has 0 aromatic rings. The SMILES string of the molecule is CCOC(=O)CCN(C)C(=O)C1CCCC1. The van der Waals surface area contributed by atoms with E-state index in [-0.39, 0.29) is 17.8 Å². The molecule has 1 saturated carbocycles. The fourth-order valence-electron chi connectivity index (χ4n) is 2.09. The molecular weight excluding hydrogens is 206 g/mol. The maximum absolute atomic E-state index is 11.9. The lowest BCUT2D eigenvalue weighted by molar-refractivity contribution is -0.144. The van der Waals surface area contributed by atoms with E-state index in [0.29, 0.717) is 19.6 Å². The second kappa shape index (κ2) is 6.51. The summed E-state index contributed by atoms with van der Waals surface area (Å²) in [7, 11) is 1.76. The van der Waals surface area contributed by atoms with Gasteiger partial charge in [0.25, 0.3) is 0 Å². The van der Waals surface area contributed by atoms with Gasteiger partial charge in [-0.25, -0.2) is 0 Å². The number of amides is 1. The lowest BCUT2D eigenvalue weighted by atomic mass is 10.1. The Kier molecular flexibility index (Phi) is 5.29. The van der Waals surface area contributed by atoms with Crippen molar-refractivity contribution in [2.24, 2.45) is 5.92 Å². The molecule has 0 saturated heterocycles. The van der Waals surface area contributed by atoms with Crippen LogP contribution in [0.1, 0.15) is 39.0 Å². The molecule has 1 fully saturated rings. The van der Waals surface area contributed by atoms with E-state index in [4.69, 9.17) is 4.74 Å². The molecule has 0 bridgehead atoms. The highest BCUT2D eigenvalue weighted by Crippen LogP contribution is 2.26. The topological polar surface area (TPSA) is 46.6 Å². The van der Waals surface area contributed by atoms with Gasteiger partial charge in [0.15, 0.2) is 0 Å². The van der Waals surface area contributed by atoms with Crippen molar-refractivity contribution in [3.63, 3.8) is 0 Å². The van der Waals surface area contributed by atoms with Crippen LogP contribution in [0.3, 0.4) is 0 Å². The minimum atomic E-state index is -0.228. The molecule has 92 valence electrons. The van der Waals surface area contributed by atoms with E-state index in [1.807, 2.05) is 0 Å². The van der Waals surface area contributed by atoms with Gasteiger partial charge < -0.3 is 9.64 Å². The molecule has 0 unspecified atom stereocenters. The predicted molar refractivity (Wildman–Crippen MR) is 60.8 cm³/mol. The van der Waals surface area contributed by atoms with E-state index in [2.05, 4.69) is 0 Å². The Morgan fingerprint density at radius 1 is 1.31 bits per heavy atom. The third kappa shape index (κ3) is 3.83. The predicted octanol–water partition coefficient (Wildman–Crippen LogP) is 1.59. The molecule has 1 aliphatic carbocycles. The first-order valence-electron chi connectivity index (χ1n) is 6.05. The van der Waals surface area contributed by atoms with Gasteiger partial charge in [-0.2, -0.15) is 0 Å². The summed E-state index contributed by atoms with van der Waals surface area (Å²) in [6, 6.07) is 0. The van der Waals surface area contributed by atoms with Crippen molar-refractivity contribution in [1.82, 2.24) is 4.90 Å². The van der Waals surface area contributed by atoms with Crippen LogP contribution in [0.25, 0.3) is 0 Å². The lowest BCUT2D eigenvalue weighted by Crippen LogP contribution is -2.33. The maximum atomic E-state index is 11.9. The van der Waals surface area contributed by atoms with Crippen molar-refractivity contribution in [3.05, 3.63) is 0 Å². The molecule has 0 aromatic heterocycles. The van der Waals surface area contributed by atoms with Crippen LogP contribution in [-0.4, -0.2) is 37.0 Å². The second-order valence-electron chi connectivity index (χ2n) is 4.30. The molecule has 0 atom stereocenters.